The number of carbonyl (C=O) groups excluding carboxylic acids is 2. The first-order valence-corrected chi connectivity index (χ1v) is 9.64. The number of esters is 1. The van der Waals surface area contributed by atoms with Crippen LogP contribution in [0.4, 0.5) is 5.69 Å². The topological polar surface area (TPSA) is 68.3 Å². The third kappa shape index (κ3) is 4.20. The zero-order chi connectivity index (χ0) is 20.9. The molecule has 0 saturated heterocycles. The predicted molar refractivity (Wildman–Crippen MR) is 117 cm³/mol. The quantitative estimate of drug-likeness (QED) is 0.477. The third-order valence-corrected chi connectivity index (χ3v) is 4.73. The first kappa shape index (κ1) is 19.3. The molecular formula is C25H20N2O3. The lowest BCUT2D eigenvalue weighted by Gasteiger charge is -2.16. The second-order valence-corrected chi connectivity index (χ2v) is 6.84. The Morgan fingerprint density at radius 1 is 0.833 bits per heavy atom. The highest BCUT2D eigenvalue weighted by molar-refractivity contribution is 6.00. The second kappa shape index (κ2) is 8.57. The van der Waals surface area contributed by atoms with Gasteiger partial charge >= 0.3 is 5.97 Å². The Balaban J connectivity index is 1.47. The van der Waals surface area contributed by atoms with Crippen LogP contribution in [0.25, 0.3) is 22.0 Å². The molecule has 1 heterocycles. The van der Waals surface area contributed by atoms with Gasteiger partial charge in [-0.15, -0.1) is 0 Å². The third-order valence-electron chi connectivity index (χ3n) is 4.73. The Labute approximate surface area is 174 Å². The summed E-state index contributed by atoms with van der Waals surface area (Å²) in [5, 5.41) is 3.79. The van der Waals surface area contributed by atoms with Crippen LogP contribution in [0.15, 0.2) is 91.0 Å². The number of rotatable bonds is 5. The summed E-state index contributed by atoms with van der Waals surface area (Å²) in [5.41, 5.74) is 3.39. The molecule has 1 amide bonds. The minimum Gasteiger partial charge on any atom is -0.448 e. The molecule has 3 aromatic carbocycles. The van der Waals surface area contributed by atoms with E-state index in [1.807, 2.05) is 78.9 Å². The molecule has 30 heavy (non-hydrogen) atoms. The van der Waals surface area contributed by atoms with Crippen LogP contribution >= 0.6 is 0 Å². The number of fused-ring (bicyclic) bond motifs is 1. The monoisotopic (exact) mass is 396 g/mol. The lowest BCUT2D eigenvalue weighted by Crippen LogP contribution is -2.30. The van der Waals surface area contributed by atoms with Gasteiger partial charge in [0.25, 0.3) is 5.91 Å². The maximum Gasteiger partial charge on any atom is 0.357 e. The molecule has 0 bridgehead atoms. The smallest absolute Gasteiger partial charge is 0.357 e. The van der Waals surface area contributed by atoms with Crippen molar-refractivity contribution >= 4 is 28.5 Å². The minimum absolute atomic E-state index is 0.165. The summed E-state index contributed by atoms with van der Waals surface area (Å²) in [7, 11) is 0. The molecular weight excluding hydrogens is 376 g/mol. The molecule has 1 N–H and O–H groups in total. The van der Waals surface area contributed by atoms with Gasteiger partial charge < -0.3 is 10.1 Å². The Hall–Kier alpha value is -3.99. The van der Waals surface area contributed by atoms with E-state index in [9.17, 15) is 9.59 Å². The molecule has 148 valence electrons. The minimum atomic E-state index is -0.977. The lowest BCUT2D eigenvalue weighted by molar-refractivity contribution is -0.123. The van der Waals surface area contributed by atoms with Crippen molar-refractivity contribution in [1.29, 1.82) is 0 Å². The van der Waals surface area contributed by atoms with Gasteiger partial charge in [0.2, 0.25) is 0 Å². The first-order chi connectivity index (χ1) is 14.6. The van der Waals surface area contributed by atoms with Crippen molar-refractivity contribution in [2.45, 2.75) is 13.0 Å². The lowest BCUT2D eigenvalue weighted by atomic mass is 10.0. The predicted octanol–water partition coefficient (Wildman–Crippen LogP) is 5.09. The van der Waals surface area contributed by atoms with E-state index < -0.39 is 18.0 Å². The number of ether oxygens (including phenoxy) is 1. The van der Waals surface area contributed by atoms with Gasteiger partial charge in [0.15, 0.2) is 6.10 Å². The van der Waals surface area contributed by atoms with Gasteiger partial charge in [0, 0.05) is 16.6 Å². The number of hydrogen-bond acceptors (Lipinski definition) is 4. The fraction of sp³-hybridized carbons (Fsp3) is 0.0800. The number of benzene rings is 3. The molecule has 0 fully saturated rings. The van der Waals surface area contributed by atoms with Crippen molar-refractivity contribution in [3.8, 4) is 11.1 Å². The molecule has 0 spiro atoms. The molecule has 4 aromatic rings. The SMILES string of the molecule is CC(OC(=O)c1ccc2ccccc2n1)C(=O)Nc1ccccc1-c1ccccc1. The number of nitrogens with one attached hydrogen (secondary N) is 1. The maximum absolute atomic E-state index is 12.7. The number of aromatic nitrogens is 1. The second-order valence-electron chi connectivity index (χ2n) is 6.84. The largest absolute Gasteiger partial charge is 0.448 e. The van der Waals surface area contributed by atoms with Gasteiger partial charge in [-0.05, 0) is 30.7 Å². The summed E-state index contributed by atoms with van der Waals surface area (Å²) in [4.78, 5) is 29.5. The molecule has 1 atom stereocenters. The zero-order valence-electron chi connectivity index (χ0n) is 16.4. The van der Waals surface area contributed by atoms with Gasteiger partial charge in [0.1, 0.15) is 5.69 Å². The fourth-order valence-corrected chi connectivity index (χ4v) is 3.15. The summed E-state index contributed by atoms with van der Waals surface area (Å²) in [6, 6.07) is 28.2. The maximum atomic E-state index is 12.7. The van der Waals surface area contributed by atoms with Crippen LogP contribution in [-0.2, 0) is 9.53 Å². The van der Waals surface area contributed by atoms with E-state index in [-0.39, 0.29) is 5.69 Å². The fourth-order valence-electron chi connectivity index (χ4n) is 3.15. The van der Waals surface area contributed by atoms with Gasteiger partial charge in [-0.1, -0.05) is 72.8 Å². The molecule has 1 unspecified atom stereocenters. The van der Waals surface area contributed by atoms with Gasteiger partial charge in [-0.2, -0.15) is 0 Å². The van der Waals surface area contributed by atoms with Crippen LogP contribution in [0.5, 0.6) is 0 Å². The van der Waals surface area contributed by atoms with E-state index in [1.165, 1.54) is 0 Å². The van der Waals surface area contributed by atoms with Crippen LogP contribution in [0.2, 0.25) is 0 Å². The van der Waals surface area contributed by atoms with Gasteiger partial charge in [-0.3, -0.25) is 4.79 Å². The number of hydrogen-bond donors (Lipinski definition) is 1. The van der Waals surface area contributed by atoms with Gasteiger partial charge in [0.05, 0.1) is 5.52 Å². The van der Waals surface area contributed by atoms with Crippen LogP contribution in [0, 0.1) is 0 Å². The van der Waals surface area contributed by atoms with E-state index in [0.29, 0.717) is 11.2 Å². The average molecular weight is 396 g/mol. The number of anilines is 1. The van der Waals surface area contributed by atoms with Crippen molar-refractivity contribution in [2.75, 3.05) is 5.32 Å². The molecule has 4 rings (SSSR count). The number of para-hydroxylation sites is 2. The molecule has 0 aliphatic heterocycles. The molecule has 1 aromatic heterocycles. The highest BCUT2D eigenvalue weighted by atomic mass is 16.5. The van der Waals surface area contributed by atoms with E-state index in [0.717, 1.165) is 16.5 Å². The molecule has 0 saturated carbocycles. The Kier molecular flexibility index (Phi) is 5.52. The molecule has 0 aliphatic carbocycles. The summed E-state index contributed by atoms with van der Waals surface area (Å²) in [6.07, 6.45) is -0.977. The normalized spacial score (nSPS) is 11.6. The van der Waals surface area contributed by atoms with Crippen molar-refractivity contribution in [3.05, 3.63) is 96.7 Å². The van der Waals surface area contributed by atoms with E-state index >= 15 is 0 Å². The number of amides is 1. The average Bonchev–Trinajstić information content (AvgIpc) is 2.79. The Morgan fingerprint density at radius 2 is 1.53 bits per heavy atom. The summed E-state index contributed by atoms with van der Waals surface area (Å²) >= 11 is 0. The Bertz CT molecular complexity index is 1210. The number of pyridine rings is 1. The van der Waals surface area contributed by atoms with Gasteiger partial charge in [-0.25, -0.2) is 9.78 Å². The Morgan fingerprint density at radius 3 is 2.37 bits per heavy atom. The van der Waals surface area contributed by atoms with Crippen LogP contribution in [-0.4, -0.2) is 23.0 Å². The summed E-state index contributed by atoms with van der Waals surface area (Å²) in [6.45, 7) is 1.54. The summed E-state index contributed by atoms with van der Waals surface area (Å²) < 4.78 is 5.35. The van der Waals surface area contributed by atoms with Crippen LogP contribution < -0.4 is 5.32 Å². The van der Waals surface area contributed by atoms with Crippen molar-refractivity contribution in [1.82, 2.24) is 4.98 Å². The molecule has 0 aliphatic rings. The highest BCUT2D eigenvalue weighted by Gasteiger charge is 2.21. The van der Waals surface area contributed by atoms with Crippen molar-refractivity contribution < 1.29 is 14.3 Å². The van der Waals surface area contributed by atoms with Crippen LogP contribution in [0.1, 0.15) is 17.4 Å². The standard InChI is InChI=1S/C25H20N2O3/c1-17(30-25(29)23-16-15-19-11-5-7-13-21(19)26-23)24(28)27-22-14-8-6-12-20(22)18-9-3-2-4-10-18/h2-17H,1H3,(H,27,28). The van der Waals surface area contributed by atoms with Crippen molar-refractivity contribution in [2.24, 2.45) is 0 Å². The molecule has 5 heteroatoms. The van der Waals surface area contributed by atoms with E-state index in [2.05, 4.69) is 10.3 Å². The van der Waals surface area contributed by atoms with Crippen LogP contribution in [0.3, 0.4) is 0 Å². The van der Waals surface area contributed by atoms with Crippen molar-refractivity contribution in [3.63, 3.8) is 0 Å². The summed E-state index contributed by atoms with van der Waals surface area (Å²) in [5.74, 6) is -1.05. The van der Waals surface area contributed by atoms with E-state index in [1.54, 1.807) is 19.1 Å². The highest BCUT2D eigenvalue weighted by Crippen LogP contribution is 2.27. The molecule has 0 radical (unpaired) electrons. The number of carbonyl (C=O) groups is 2. The van der Waals surface area contributed by atoms with E-state index in [4.69, 9.17) is 4.74 Å². The first-order valence-electron chi connectivity index (χ1n) is 9.64. The number of nitrogens with zero attached hydrogens (tertiary/aromatic N) is 1. The molecule has 5 nitrogen and oxygen atoms in total. The zero-order valence-corrected chi connectivity index (χ0v) is 16.4.